The van der Waals surface area contributed by atoms with Crippen molar-refractivity contribution in [2.75, 3.05) is 18.5 Å². The number of fused-ring (bicyclic) bond motifs is 1. The highest BCUT2D eigenvalue weighted by Crippen LogP contribution is 2.28. The molecular formula is C17H18BN5O4. The van der Waals surface area contributed by atoms with Gasteiger partial charge < -0.3 is 25.5 Å². The van der Waals surface area contributed by atoms with Crippen molar-refractivity contribution in [2.45, 2.75) is 19.1 Å². The summed E-state index contributed by atoms with van der Waals surface area (Å²) in [4.78, 5) is 11.9. The van der Waals surface area contributed by atoms with E-state index in [9.17, 15) is 15.1 Å². The number of hydrogen-bond donors (Lipinski definition) is 3. The molecule has 4 rings (SSSR count). The molecule has 1 saturated heterocycles. The third-order valence-corrected chi connectivity index (χ3v) is 4.90. The Kier molecular flexibility index (Phi) is 4.57. The highest BCUT2D eigenvalue weighted by atomic mass is 16.5. The quantitative estimate of drug-likeness (QED) is 0.650. The maximum atomic E-state index is 11.9. The molecule has 4 N–H and O–H groups in total. The van der Waals surface area contributed by atoms with Gasteiger partial charge in [0.1, 0.15) is 5.56 Å². The molecule has 0 aliphatic carbocycles. The molecule has 9 nitrogen and oxygen atoms in total. The zero-order chi connectivity index (χ0) is 19.0. The number of nitriles is 1. The number of rotatable bonds is 4. The van der Waals surface area contributed by atoms with Crippen LogP contribution in [0.3, 0.4) is 0 Å². The predicted molar refractivity (Wildman–Crippen MR) is 96.4 cm³/mol. The lowest BCUT2D eigenvalue weighted by atomic mass is 9.79. The van der Waals surface area contributed by atoms with E-state index < -0.39 is 13.0 Å². The van der Waals surface area contributed by atoms with Crippen LogP contribution >= 0.6 is 0 Å². The molecule has 2 aliphatic rings. The summed E-state index contributed by atoms with van der Waals surface area (Å²) >= 11 is 0. The zero-order valence-electron chi connectivity index (χ0n) is 14.5. The Balaban J connectivity index is 1.65. The summed E-state index contributed by atoms with van der Waals surface area (Å²) in [6.07, 6.45) is 2.15. The number of nitrogens with one attached hydrogen (secondary N) is 1. The van der Waals surface area contributed by atoms with E-state index in [1.54, 1.807) is 16.9 Å². The van der Waals surface area contributed by atoms with Crippen LogP contribution in [0.2, 0.25) is 0 Å². The number of hydrogen-bond acceptors (Lipinski definition) is 7. The van der Waals surface area contributed by atoms with Gasteiger partial charge in [-0.05, 0) is 29.6 Å². The molecule has 2 atom stereocenters. The fraction of sp³-hybridized carbons (Fsp3) is 0.353. The standard InChI is InChI=1S/C17H18BN5O4/c19-6-10-3-4-26-9-15(10)23-7-13(16(20)24)17(22-23)21-12-2-1-11-8-27-18(25)14(11)5-12/h1-2,5,7,10,15,25H,3-4,8-9H2,(H2,20,24)(H,21,22)/t10?,15-/m0/s1. The lowest BCUT2D eigenvalue weighted by Crippen LogP contribution is -2.29. The first kappa shape index (κ1) is 17.5. The number of anilines is 2. The average Bonchev–Trinajstić information content (AvgIpc) is 3.26. The van der Waals surface area contributed by atoms with E-state index in [4.69, 9.17) is 15.1 Å². The number of benzene rings is 1. The number of nitrogens with two attached hydrogens (primary N) is 1. The van der Waals surface area contributed by atoms with Gasteiger partial charge in [-0.3, -0.25) is 9.48 Å². The van der Waals surface area contributed by atoms with Gasteiger partial charge in [0, 0.05) is 18.5 Å². The first-order chi connectivity index (χ1) is 13.1. The second kappa shape index (κ2) is 7.04. The highest BCUT2D eigenvalue weighted by Gasteiger charge is 2.30. The predicted octanol–water partition coefficient (Wildman–Crippen LogP) is 0.0445. The van der Waals surface area contributed by atoms with Crippen molar-refractivity contribution < 1.29 is 19.2 Å². The van der Waals surface area contributed by atoms with E-state index >= 15 is 0 Å². The SMILES string of the molecule is N#CC1CCOC[C@@H]1n1cc(C(N)=O)c(Nc2ccc3c(c2)B(O)OC3)n1. The lowest BCUT2D eigenvalue weighted by Gasteiger charge is -2.26. The van der Waals surface area contributed by atoms with Crippen LogP contribution < -0.4 is 16.5 Å². The molecule has 1 unspecified atom stereocenters. The molecule has 2 aromatic rings. The number of carbonyl (C=O) groups is 1. The van der Waals surface area contributed by atoms with Crippen LogP contribution in [0, 0.1) is 17.2 Å². The van der Waals surface area contributed by atoms with E-state index in [-0.39, 0.29) is 23.3 Å². The van der Waals surface area contributed by atoms with E-state index in [0.29, 0.717) is 37.4 Å². The molecule has 0 radical (unpaired) electrons. The van der Waals surface area contributed by atoms with Crippen LogP contribution in [0.4, 0.5) is 11.5 Å². The minimum absolute atomic E-state index is 0.217. The third kappa shape index (κ3) is 3.28. The van der Waals surface area contributed by atoms with Crippen LogP contribution in [0.25, 0.3) is 0 Å². The molecule has 0 spiro atoms. The minimum atomic E-state index is -0.967. The van der Waals surface area contributed by atoms with Crippen molar-refractivity contribution in [3.63, 3.8) is 0 Å². The number of nitrogens with zero attached hydrogens (tertiary/aromatic N) is 3. The largest absolute Gasteiger partial charge is 0.491 e. The lowest BCUT2D eigenvalue weighted by molar-refractivity contribution is 0.0342. The number of primary amides is 1. The van der Waals surface area contributed by atoms with Crippen LogP contribution in [0.1, 0.15) is 28.4 Å². The van der Waals surface area contributed by atoms with Gasteiger partial charge in [0.25, 0.3) is 5.91 Å². The number of carbonyl (C=O) groups excluding carboxylic acids is 1. The number of aromatic nitrogens is 2. The number of amides is 1. The normalized spacial score (nSPS) is 21.6. The minimum Gasteiger partial charge on any atom is -0.423 e. The molecule has 1 aromatic carbocycles. The first-order valence-electron chi connectivity index (χ1n) is 8.62. The molecule has 1 aromatic heterocycles. The monoisotopic (exact) mass is 367 g/mol. The van der Waals surface area contributed by atoms with Gasteiger partial charge in [-0.25, -0.2) is 0 Å². The van der Waals surface area contributed by atoms with E-state index in [1.165, 1.54) is 0 Å². The molecule has 2 aliphatic heterocycles. The molecule has 1 amide bonds. The second-order valence-corrected chi connectivity index (χ2v) is 6.60. The molecule has 3 heterocycles. The Hall–Kier alpha value is -2.87. The van der Waals surface area contributed by atoms with E-state index in [2.05, 4.69) is 16.5 Å². The van der Waals surface area contributed by atoms with E-state index in [1.807, 2.05) is 12.1 Å². The van der Waals surface area contributed by atoms with Crippen molar-refractivity contribution in [3.8, 4) is 6.07 Å². The topological polar surface area (TPSA) is 135 Å². The van der Waals surface area contributed by atoms with Gasteiger partial charge in [0.15, 0.2) is 5.82 Å². The van der Waals surface area contributed by atoms with Gasteiger partial charge in [-0.15, -0.1) is 0 Å². The Morgan fingerprint density at radius 2 is 2.37 bits per heavy atom. The smallest absolute Gasteiger partial charge is 0.423 e. The molecule has 138 valence electrons. The van der Waals surface area contributed by atoms with Crippen molar-refractivity contribution >= 4 is 30.0 Å². The Labute approximate surface area is 155 Å². The Morgan fingerprint density at radius 3 is 3.15 bits per heavy atom. The molecule has 0 bridgehead atoms. The third-order valence-electron chi connectivity index (χ3n) is 4.90. The van der Waals surface area contributed by atoms with Crippen molar-refractivity contribution in [1.29, 1.82) is 5.26 Å². The van der Waals surface area contributed by atoms with Crippen molar-refractivity contribution in [1.82, 2.24) is 9.78 Å². The van der Waals surface area contributed by atoms with Crippen molar-refractivity contribution in [2.24, 2.45) is 11.7 Å². The van der Waals surface area contributed by atoms with Crippen molar-refractivity contribution in [3.05, 3.63) is 35.5 Å². The Bertz CT molecular complexity index is 925. The maximum absolute atomic E-state index is 11.9. The van der Waals surface area contributed by atoms with Crippen LogP contribution in [-0.4, -0.2) is 41.0 Å². The van der Waals surface area contributed by atoms with Gasteiger partial charge in [-0.1, -0.05) is 6.07 Å². The molecule has 27 heavy (non-hydrogen) atoms. The Morgan fingerprint density at radius 1 is 1.52 bits per heavy atom. The molecule has 0 saturated carbocycles. The second-order valence-electron chi connectivity index (χ2n) is 6.60. The summed E-state index contributed by atoms with van der Waals surface area (Å²) in [7, 11) is -0.967. The summed E-state index contributed by atoms with van der Waals surface area (Å²) in [6, 6.07) is 7.39. The zero-order valence-corrected chi connectivity index (χ0v) is 14.5. The van der Waals surface area contributed by atoms with Crippen LogP contribution in [-0.2, 0) is 16.0 Å². The maximum Gasteiger partial charge on any atom is 0.491 e. The van der Waals surface area contributed by atoms with Gasteiger partial charge in [-0.2, -0.15) is 10.4 Å². The van der Waals surface area contributed by atoms with Gasteiger partial charge in [0.05, 0.1) is 31.2 Å². The first-order valence-corrected chi connectivity index (χ1v) is 8.62. The van der Waals surface area contributed by atoms with Gasteiger partial charge in [0.2, 0.25) is 0 Å². The average molecular weight is 367 g/mol. The summed E-state index contributed by atoms with van der Waals surface area (Å²) in [6.45, 7) is 1.23. The van der Waals surface area contributed by atoms with Crippen LogP contribution in [0.15, 0.2) is 24.4 Å². The fourth-order valence-electron chi connectivity index (χ4n) is 3.40. The molecular weight excluding hydrogens is 349 g/mol. The summed E-state index contributed by atoms with van der Waals surface area (Å²) in [5, 5.41) is 26.7. The summed E-state index contributed by atoms with van der Waals surface area (Å²) in [5.41, 5.74) is 7.94. The highest BCUT2D eigenvalue weighted by molar-refractivity contribution is 6.61. The molecule has 1 fully saturated rings. The van der Waals surface area contributed by atoms with Crippen LogP contribution in [0.5, 0.6) is 0 Å². The van der Waals surface area contributed by atoms with E-state index in [0.717, 1.165) is 5.56 Å². The van der Waals surface area contributed by atoms with Gasteiger partial charge >= 0.3 is 7.12 Å². The summed E-state index contributed by atoms with van der Waals surface area (Å²) in [5.74, 6) is -0.587. The fourth-order valence-corrected chi connectivity index (χ4v) is 3.40. The summed E-state index contributed by atoms with van der Waals surface area (Å²) < 4.78 is 12.2. The number of ether oxygens (including phenoxy) is 1. The molecule has 10 heteroatoms.